The van der Waals surface area contributed by atoms with Crippen molar-refractivity contribution in [2.24, 2.45) is 23.2 Å². The summed E-state index contributed by atoms with van der Waals surface area (Å²) < 4.78 is 6.10. The van der Waals surface area contributed by atoms with Gasteiger partial charge in [0, 0.05) is 12.7 Å². The van der Waals surface area contributed by atoms with E-state index in [-0.39, 0.29) is 6.10 Å². The standard InChI is InChI=1S/C27H44N6O/c1-18(2)15-25(34-22-11-8-12-22)27(29)31-17-24(33(4)30)26(28)23-14-13-21(19(3)32-23)16-20-9-6-5-7-10-20/h13-15,20,22,31H,5-12,16-17,28-30H2,1-4H3/b26-24-,27-25-. The highest BCUT2D eigenvalue weighted by Crippen LogP contribution is 2.28. The SMILES string of the molecule is CC(C)=C/C(OC1CCC1)=C(\N)NC/C(=C(/N)c1ccc(CC2CCCCC2)c(C)n1)N(C)N. The number of hydrogen-bond donors (Lipinski definition) is 4. The zero-order chi connectivity index (χ0) is 24.7. The van der Waals surface area contributed by atoms with Crippen LogP contribution < -0.4 is 22.6 Å². The van der Waals surface area contributed by atoms with Crippen molar-refractivity contribution in [2.45, 2.75) is 84.7 Å². The minimum atomic E-state index is 0.238. The average molecular weight is 469 g/mol. The van der Waals surface area contributed by atoms with Crippen molar-refractivity contribution in [3.63, 3.8) is 0 Å². The topological polar surface area (TPSA) is 115 Å². The summed E-state index contributed by atoms with van der Waals surface area (Å²) in [5.74, 6) is 8.07. The Bertz CT molecular complexity index is 919. The number of nitrogens with zero attached hydrogens (tertiary/aromatic N) is 2. The number of likely N-dealkylation sites (N-methyl/N-ethyl adjacent to an activating group) is 1. The molecular formula is C27H44N6O. The number of nitrogens with one attached hydrogen (secondary N) is 1. The second-order valence-electron chi connectivity index (χ2n) is 10.1. The predicted octanol–water partition coefficient (Wildman–Crippen LogP) is 4.20. The van der Waals surface area contributed by atoms with Crippen molar-refractivity contribution >= 4 is 5.70 Å². The molecule has 0 spiro atoms. The van der Waals surface area contributed by atoms with E-state index in [0.29, 0.717) is 23.8 Å². The van der Waals surface area contributed by atoms with Crippen LogP contribution in [0.2, 0.25) is 0 Å². The number of nitrogens with two attached hydrogens (primary N) is 3. The molecule has 1 heterocycles. The summed E-state index contributed by atoms with van der Waals surface area (Å²) in [4.78, 5) is 4.83. The normalized spacial score (nSPS) is 18.4. The molecule has 0 amide bonds. The van der Waals surface area contributed by atoms with Gasteiger partial charge in [0.2, 0.25) is 0 Å². The Morgan fingerprint density at radius 3 is 2.38 bits per heavy atom. The van der Waals surface area contributed by atoms with E-state index >= 15 is 0 Å². The Morgan fingerprint density at radius 2 is 1.82 bits per heavy atom. The highest BCUT2D eigenvalue weighted by molar-refractivity contribution is 5.63. The summed E-state index contributed by atoms with van der Waals surface area (Å²) in [6, 6.07) is 4.19. The number of aromatic nitrogens is 1. The number of hydrazine groups is 1. The number of allylic oxidation sites excluding steroid dienone is 2. The van der Waals surface area contributed by atoms with E-state index in [2.05, 4.69) is 18.3 Å². The van der Waals surface area contributed by atoms with Gasteiger partial charge >= 0.3 is 0 Å². The molecule has 2 aliphatic rings. The Balaban J connectivity index is 1.75. The van der Waals surface area contributed by atoms with Gasteiger partial charge in [0.15, 0.2) is 5.76 Å². The summed E-state index contributed by atoms with van der Waals surface area (Å²) in [6.45, 7) is 6.49. The van der Waals surface area contributed by atoms with Crippen LogP contribution in [0.1, 0.15) is 82.2 Å². The molecular weight excluding hydrogens is 424 g/mol. The average Bonchev–Trinajstić information content (AvgIpc) is 2.76. The molecule has 2 fully saturated rings. The zero-order valence-electron chi connectivity index (χ0n) is 21.5. The van der Waals surface area contributed by atoms with Crippen LogP contribution in [0, 0.1) is 12.8 Å². The van der Waals surface area contributed by atoms with Crippen molar-refractivity contribution in [3.8, 4) is 0 Å². The van der Waals surface area contributed by atoms with E-state index in [1.807, 2.05) is 26.0 Å². The fraction of sp³-hybridized carbons (Fsp3) is 0.593. The lowest BCUT2D eigenvalue weighted by Gasteiger charge is -2.28. The molecule has 0 bridgehead atoms. The maximum absolute atomic E-state index is 6.55. The van der Waals surface area contributed by atoms with Crippen LogP contribution in [0.5, 0.6) is 0 Å². The minimum absolute atomic E-state index is 0.238. The van der Waals surface area contributed by atoms with Crippen molar-refractivity contribution < 1.29 is 4.74 Å². The van der Waals surface area contributed by atoms with Gasteiger partial charge in [0.1, 0.15) is 5.82 Å². The fourth-order valence-electron chi connectivity index (χ4n) is 4.59. The van der Waals surface area contributed by atoms with Crippen molar-refractivity contribution in [3.05, 3.63) is 58.0 Å². The Hall–Kier alpha value is -2.67. The molecule has 34 heavy (non-hydrogen) atoms. The molecule has 7 N–H and O–H groups in total. The summed E-state index contributed by atoms with van der Waals surface area (Å²) in [6.07, 6.45) is 13.4. The molecule has 0 saturated heterocycles. The van der Waals surface area contributed by atoms with Gasteiger partial charge in [0.05, 0.1) is 29.7 Å². The van der Waals surface area contributed by atoms with E-state index < -0.39 is 0 Å². The summed E-state index contributed by atoms with van der Waals surface area (Å²) >= 11 is 0. The van der Waals surface area contributed by atoms with E-state index in [1.54, 1.807) is 7.05 Å². The van der Waals surface area contributed by atoms with Gasteiger partial charge in [-0.15, -0.1) is 0 Å². The second kappa shape index (κ2) is 12.2. The molecule has 3 rings (SSSR count). The van der Waals surface area contributed by atoms with Crippen LogP contribution in [-0.4, -0.2) is 29.7 Å². The van der Waals surface area contributed by atoms with E-state index in [4.69, 9.17) is 27.0 Å². The summed E-state index contributed by atoms with van der Waals surface area (Å²) in [5, 5.41) is 4.78. The third-order valence-electron chi connectivity index (χ3n) is 6.92. The van der Waals surface area contributed by atoms with E-state index in [1.165, 1.54) is 49.1 Å². The Labute approximate surface area is 205 Å². The van der Waals surface area contributed by atoms with Gasteiger partial charge in [-0.25, -0.2) is 5.84 Å². The molecule has 2 aliphatic carbocycles. The smallest absolute Gasteiger partial charge is 0.159 e. The third-order valence-corrected chi connectivity index (χ3v) is 6.92. The van der Waals surface area contributed by atoms with Gasteiger partial charge in [-0.2, -0.15) is 0 Å². The van der Waals surface area contributed by atoms with E-state index in [9.17, 15) is 0 Å². The van der Waals surface area contributed by atoms with Crippen molar-refractivity contribution in [2.75, 3.05) is 13.6 Å². The van der Waals surface area contributed by atoms with Crippen LogP contribution in [0.4, 0.5) is 0 Å². The van der Waals surface area contributed by atoms with Crippen molar-refractivity contribution in [1.29, 1.82) is 0 Å². The molecule has 2 saturated carbocycles. The fourth-order valence-corrected chi connectivity index (χ4v) is 4.59. The first-order valence-corrected chi connectivity index (χ1v) is 12.7. The van der Waals surface area contributed by atoms with E-state index in [0.717, 1.165) is 47.8 Å². The van der Waals surface area contributed by atoms with Gasteiger partial charge in [-0.1, -0.05) is 43.7 Å². The van der Waals surface area contributed by atoms with Crippen LogP contribution in [0.3, 0.4) is 0 Å². The quantitative estimate of drug-likeness (QED) is 0.176. The molecule has 0 unspecified atom stereocenters. The highest BCUT2D eigenvalue weighted by Gasteiger charge is 2.21. The number of pyridine rings is 1. The van der Waals surface area contributed by atoms with Gasteiger partial charge < -0.3 is 26.5 Å². The highest BCUT2D eigenvalue weighted by atomic mass is 16.5. The molecule has 0 aliphatic heterocycles. The largest absolute Gasteiger partial charge is 0.487 e. The number of hydrogen-bond acceptors (Lipinski definition) is 7. The summed E-state index contributed by atoms with van der Waals surface area (Å²) in [7, 11) is 1.77. The molecule has 7 heteroatoms. The Kier molecular flexibility index (Phi) is 9.28. The van der Waals surface area contributed by atoms with Gasteiger partial charge in [0.25, 0.3) is 0 Å². The lowest BCUT2D eigenvalue weighted by molar-refractivity contribution is 0.0563. The zero-order valence-corrected chi connectivity index (χ0v) is 21.5. The first-order chi connectivity index (χ1) is 16.2. The lowest BCUT2D eigenvalue weighted by atomic mass is 9.84. The molecule has 0 atom stereocenters. The van der Waals surface area contributed by atoms with Crippen LogP contribution >= 0.6 is 0 Å². The maximum Gasteiger partial charge on any atom is 0.159 e. The molecule has 0 aromatic carbocycles. The third kappa shape index (κ3) is 7.16. The molecule has 1 aromatic rings. The lowest BCUT2D eigenvalue weighted by Crippen LogP contribution is -2.36. The first-order valence-electron chi connectivity index (χ1n) is 12.7. The Morgan fingerprint density at radius 1 is 1.12 bits per heavy atom. The molecule has 0 radical (unpaired) electrons. The number of aryl methyl sites for hydroxylation is 1. The molecule has 188 valence electrons. The first kappa shape index (κ1) is 25.9. The van der Waals surface area contributed by atoms with Crippen LogP contribution in [0.25, 0.3) is 5.70 Å². The monoisotopic (exact) mass is 468 g/mol. The molecule has 1 aromatic heterocycles. The predicted molar refractivity (Wildman–Crippen MR) is 140 cm³/mol. The maximum atomic E-state index is 6.55. The molecule has 7 nitrogen and oxygen atoms in total. The van der Waals surface area contributed by atoms with Crippen LogP contribution in [0.15, 0.2) is 41.1 Å². The summed E-state index contributed by atoms with van der Waals surface area (Å²) in [5.41, 5.74) is 18.4. The second-order valence-corrected chi connectivity index (χ2v) is 10.1. The van der Waals surface area contributed by atoms with Crippen LogP contribution in [-0.2, 0) is 11.2 Å². The minimum Gasteiger partial charge on any atom is -0.487 e. The number of ether oxygens (including phenoxy) is 1. The number of rotatable bonds is 10. The van der Waals surface area contributed by atoms with Crippen molar-refractivity contribution in [1.82, 2.24) is 15.3 Å². The van der Waals surface area contributed by atoms with Gasteiger partial charge in [-0.05, 0) is 70.1 Å². The van der Waals surface area contributed by atoms with Gasteiger partial charge in [-0.3, -0.25) is 4.98 Å².